The van der Waals surface area contributed by atoms with Crippen molar-refractivity contribution in [3.63, 3.8) is 0 Å². The van der Waals surface area contributed by atoms with Crippen molar-refractivity contribution in [3.8, 4) is 0 Å². The van der Waals surface area contributed by atoms with Crippen LogP contribution in [-0.4, -0.2) is 53.3 Å². The molecule has 1 aliphatic carbocycles. The third-order valence-electron chi connectivity index (χ3n) is 9.28. The summed E-state index contributed by atoms with van der Waals surface area (Å²) in [5.41, 5.74) is 4.05. The van der Waals surface area contributed by atoms with Crippen LogP contribution in [-0.2, 0) is 45.4 Å². The molecule has 51 heavy (non-hydrogen) atoms. The molecule has 1 fully saturated rings. The highest BCUT2D eigenvalue weighted by Gasteiger charge is 2.53. The predicted molar refractivity (Wildman–Crippen MR) is 207 cm³/mol. The topological polar surface area (TPSA) is 81.2 Å². The Labute approximate surface area is 309 Å². The van der Waals surface area contributed by atoms with Gasteiger partial charge in [0.2, 0.25) is 0 Å². The maximum atomic E-state index is 12.3. The highest BCUT2D eigenvalue weighted by atomic mass is 32.1. The molecule has 1 aliphatic rings. The van der Waals surface area contributed by atoms with Gasteiger partial charge in [-0.3, -0.25) is 0 Å². The maximum Gasteiger partial charge on any atom is 0.166 e. The summed E-state index contributed by atoms with van der Waals surface area (Å²) in [5, 5.41) is 19.6. The van der Waals surface area contributed by atoms with Gasteiger partial charge in [0.15, 0.2) is 5.11 Å². The summed E-state index contributed by atoms with van der Waals surface area (Å²) in [7, 11) is 0. The largest absolute Gasteiger partial charge is 0.388 e. The number of unbranched alkanes of at least 4 members (excludes halogenated alkanes) is 5. The van der Waals surface area contributed by atoms with Crippen LogP contribution in [0.2, 0.25) is 0 Å². The van der Waals surface area contributed by atoms with Gasteiger partial charge in [0, 0.05) is 6.54 Å². The van der Waals surface area contributed by atoms with Crippen molar-refractivity contribution < 1.29 is 24.1 Å². The molecule has 8 heteroatoms. The maximum absolute atomic E-state index is 12.3. The molecule has 0 heterocycles. The molecule has 0 saturated heterocycles. The van der Waals surface area contributed by atoms with Crippen molar-refractivity contribution in [2.24, 2.45) is 0 Å². The van der Waals surface area contributed by atoms with Crippen molar-refractivity contribution in [2.75, 3.05) is 6.54 Å². The lowest BCUT2D eigenvalue weighted by atomic mass is 9.82. The van der Waals surface area contributed by atoms with Crippen LogP contribution in [0.4, 0.5) is 0 Å². The number of nitrogens with one attached hydrogen (secondary N) is 2. The quantitative estimate of drug-likeness (QED) is 0.0632. The lowest BCUT2D eigenvalue weighted by Gasteiger charge is -2.49. The fourth-order valence-electron chi connectivity index (χ4n) is 6.49. The van der Waals surface area contributed by atoms with Gasteiger partial charge in [-0.05, 0) is 40.9 Å². The molecule has 0 bridgehead atoms. The van der Waals surface area contributed by atoms with Crippen LogP contribution in [0.5, 0.6) is 0 Å². The van der Waals surface area contributed by atoms with E-state index in [1.807, 2.05) is 121 Å². The molecule has 6 atom stereocenters. The number of ether oxygens (including phenoxy) is 4. The van der Waals surface area contributed by atoms with Crippen LogP contribution >= 0.6 is 12.2 Å². The molecule has 4 aromatic carbocycles. The first-order valence-electron chi connectivity index (χ1n) is 18.5. The van der Waals surface area contributed by atoms with Gasteiger partial charge in [0.25, 0.3) is 0 Å². The van der Waals surface area contributed by atoms with Crippen LogP contribution in [0.15, 0.2) is 121 Å². The van der Waals surface area contributed by atoms with Gasteiger partial charge >= 0.3 is 0 Å². The predicted octanol–water partition coefficient (Wildman–Crippen LogP) is 7.90. The minimum atomic E-state index is -1.04. The number of thiocarbonyl (C=S) groups is 1. The Kier molecular flexibility index (Phi) is 16.4. The Bertz CT molecular complexity index is 1510. The van der Waals surface area contributed by atoms with Crippen molar-refractivity contribution in [1.82, 2.24) is 10.6 Å². The van der Waals surface area contributed by atoms with Crippen molar-refractivity contribution in [1.29, 1.82) is 0 Å². The first kappa shape index (κ1) is 38.6. The standard InChI is InChI=1S/C43H54N2O5S/c1-2-3-4-5-6-19-28-44-43(51)45-37-38(46)40(48-30-34-22-13-8-14-23-34)42(50-32-36-26-17-10-18-27-36)41(49-31-35-24-15-9-16-25-35)39(37)47-29-33-20-11-7-12-21-33/h7-18,20-27,37-42,46H,2-6,19,28-32H2,1H3,(H2,44,45,51). The summed E-state index contributed by atoms with van der Waals surface area (Å²) in [5.74, 6) is 0. The van der Waals surface area contributed by atoms with E-state index in [0.29, 0.717) is 31.5 Å². The van der Waals surface area contributed by atoms with Crippen LogP contribution in [0, 0.1) is 0 Å². The molecule has 0 aliphatic heterocycles. The summed E-state index contributed by atoms with van der Waals surface area (Å²) in [4.78, 5) is 0. The van der Waals surface area contributed by atoms with Crippen molar-refractivity contribution in [3.05, 3.63) is 144 Å². The second-order valence-electron chi connectivity index (χ2n) is 13.2. The Balaban J connectivity index is 1.43. The van der Waals surface area contributed by atoms with Gasteiger partial charge < -0.3 is 34.7 Å². The first-order chi connectivity index (χ1) is 25.1. The Hall–Kier alpha value is -3.63. The highest BCUT2D eigenvalue weighted by Crippen LogP contribution is 2.33. The van der Waals surface area contributed by atoms with E-state index in [0.717, 1.165) is 41.6 Å². The Morgan fingerprint density at radius 3 is 1.35 bits per heavy atom. The van der Waals surface area contributed by atoms with E-state index >= 15 is 0 Å². The minimum absolute atomic E-state index is 0.294. The number of benzene rings is 4. The Morgan fingerprint density at radius 2 is 0.902 bits per heavy atom. The van der Waals surface area contributed by atoms with Gasteiger partial charge in [-0.15, -0.1) is 0 Å². The fraction of sp³-hybridized carbons (Fsp3) is 0.419. The smallest absolute Gasteiger partial charge is 0.166 e. The zero-order valence-corrected chi connectivity index (χ0v) is 30.6. The van der Waals surface area contributed by atoms with Gasteiger partial charge in [-0.25, -0.2) is 0 Å². The third kappa shape index (κ3) is 12.5. The average Bonchev–Trinajstić information content (AvgIpc) is 3.17. The second kappa shape index (κ2) is 21.7. The SMILES string of the molecule is CCCCCCCCNC(=S)NC1C(O)C(OCc2ccccc2)C(OCc2ccccc2)C(OCc2ccccc2)C1OCc1ccccc1. The van der Waals surface area contributed by atoms with Crippen molar-refractivity contribution >= 4 is 17.3 Å². The molecule has 0 spiro atoms. The molecular formula is C43H54N2O5S. The zero-order valence-electron chi connectivity index (χ0n) is 29.8. The summed E-state index contributed by atoms with van der Waals surface area (Å²) >= 11 is 5.84. The van der Waals surface area contributed by atoms with Gasteiger partial charge in [-0.2, -0.15) is 0 Å². The summed E-state index contributed by atoms with van der Waals surface area (Å²) in [6.45, 7) is 4.24. The number of aliphatic hydroxyl groups is 1. The van der Waals surface area contributed by atoms with Crippen LogP contribution < -0.4 is 10.6 Å². The lowest BCUT2D eigenvalue weighted by molar-refractivity contribution is -0.249. The third-order valence-corrected chi connectivity index (χ3v) is 9.55. The fourth-order valence-corrected chi connectivity index (χ4v) is 6.72. The molecule has 0 aromatic heterocycles. The average molecular weight is 711 g/mol. The molecule has 272 valence electrons. The molecular weight excluding hydrogens is 657 g/mol. The summed E-state index contributed by atoms with van der Waals surface area (Å²) in [6, 6.07) is 39.5. The molecule has 1 saturated carbocycles. The zero-order chi connectivity index (χ0) is 35.5. The highest BCUT2D eigenvalue weighted by molar-refractivity contribution is 7.80. The number of hydrogen-bond acceptors (Lipinski definition) is 6. The minimum Gasteiger partial charge on any atom is -0.388 e. The molecule has 0 amide bonds. The van der Waals surface area contributed by atoms with Gasteiger partial charge in [0.1, 0.15) is 30.5 Å². The molecule has 4 aromatic rings. The molecule has 3 N–H and O–H groups in total. The van der Waals surface area contributed by atoms with E-state index in [4.69, 9.17) is 31.2 Å². The summed E-state index contributed by atoms with van der Waals surface area (Å²) < 4.78 is 26.9. The summed E-state index contributed by atoms with van der Waals surface area (Å²) in [6.07, 6.45) is 3.41. The number of rotatable bonds is 20. The van der Waals surface area contributed by atoms with E-state index in [-0.39, 0.29) is 0 Å². The first-order valence-corrected chi connectivity index (χ1v) is 18.9. The van der Waals surface area contributed by atoms with Crippen LogP contribution in [0.3, 0.4) is 0 Å². The van der Waals surface area contributed by atoms with E-state index in [9.17, 15) is 5.11 Å². The molecule has 5 rings (SSSR count). The van der Waals surface area contributed by atoms with E-state index < -0.39 is 36.6 Å². The van der Waals surface area contributed by atoms with E-state index in [1.54, 1.807) is 0 Å². The van der Waals surface area contributed by atoms with Gasteiger partial charge in [-0.1, -0.05) is 160 Å². The van der Waals surface area contributed by atoms with Crippen LogP contribution in [0.25, 0.3) is 0 Å². The molecule has 7 nitrogen and oxygen atoms in total. The number of hydrogen-bond donors (Lipinski definition) is 3. The van der Waals surface area contributed by atoms with E-state index in [1.165, 1.54) is 25.7 Å². The van der Waals surface area contributed by atoms with E-state index in [2.05, 4.69) is 17.6 Å². The molecule has 0 radical (unpaired) electrons. The van der Waals surface area contributed by atoms with Gasteiger partial charge in [0.05, 0.1) is 32.5 Å². The molecule has 6 unspecified atom stereocenters. The monoisotopic (exact) mass is 710 g/mol. The normalized spacial score (nSPS) is 21.6. The Morgan fingerprint density at radius 1 is 0.529 bits per heavy atom. The number of aliphatic hydroxyl groups excluding tert-OH is 1. The lowest BCUT2D eigenvalue weighted by Crippen LogP contribution is -2.70. The van der Waals surface area contributed by atoms with Crippen molar-refractivity contribution in [2.45, 2.75) is 108 Å². The van der Waals surface area contributed by atoms with Crippen LogP contribution in [0.1, 0.15) is 67.7 Å². The second-order valence-corrected chi connectivity index (χ2v) is 13.6.